The Bertz CT molecular complexity index is 456. The van der Waals surface area contributed by atoms with Crippen LogP contribution >= 0.6 is 11.6 Å². The molecule has 2 unspecified atom stereocenters. The second kappa shape index (κ2) is 6.24. The van der Waals surface area contributed by atoms with E-state index in [-0.39, 0.29) is 17.8 Å². The van der Waals surface area contributed by atoms with Crippen molar-refractivity contribution in [2.75, 3.05) is 6.54 Å². The van der Waals surface area contributed by atoms with E-state index < -0.39 is 0 Å². The Morgan fingerprint density at radius 1 is 1.58 bits per heavy atom. The topological polar surface area (TPSA) is 50.4 Å². The number of nitrogens with one attached hydrogen (secondary N) is 1. The molecule has 1 aromatic carbocycles. The summed E-state index contributed by atoms with van der Waals surface area (Å²) in [5.41, 5.74) is 6.37. The van der Waals surface area contributed by atoms with Crippen molar-refractivity contribution in [3.63, 3.8) is 0 Å². The molecule has 1 fully saturated rings. The molecular formula is C14H19ClFN3. The first-order valence-corrected chi connectivity index (χ1v) is 7.01. The average Bonchev–Trinajstić information content (AvgIpc) is 3.08. The Kier molecular flexibility index (Phi) is 4.64. The van der Waals surface area contributed by atoms with Crippen molar-refractivity contribution in [1.82, 2.24) is 5.32 Å². The highest BCUT2D eigenvalue weighted by molar-refractivity contribution is 6.31. The fraction of sp³-hybridized carbons (Fsp3) is 0.500. The monoisotopic (exact) mass is 283 g/mol. The van der Waals surface area contributed by atoms with Crippen LogP contribution in [0.5, 0.6) is 0 Å². The molecule has 0 amide bonds. The quantitative estimate of drug-likeness (QED) is 0.496. The van der Waals surface area contributed by atoms with Gasteiger partial charge in [0.25, 0.3) is 0 Å². The van der Waals surface area contributed by atoms with Crippen LogP contribution in [0, 0.1) is 5.82 Å². The minimum atomic E-state index is -0.247. The van der Waals surface area contributed by atoms with Gasteiger partial charge in [-0.25, -0.2) is 4.39 Å². The number of hydrogen-bond donors (Lipinski definition) is 2. The molecule has 2 rings (SSSR count). The van der Waals surface area contributed by atoms with Gasteiger partial charge in [-0.1, -0.05) is 31.0 Å². The third kappa shape index (κ3) is 3.60. The van der Waals surface area contributed by atoms with Crippen LogP contribution in [0.1, 0.15) is 37.7 Å². The molecule has 0 spiro atoms. The van der Waals surface area contributed by atoms with Gasteiger partial charge in [0.05, 0.1) is 0 Å². The van der Waals surface area contributed by atoms with Crippen LogP contribution in [0.15, 0.2) is 23.2 Å². The number of guanidine groups is 1. The molecule has 0 radical (unpaired) electrons. The van der Waals surface area contributed by atoms with E-state index in [0.29, 0.717) is 16.5 Å². The zero-order valence-corrected chi connectivity index (χ0v) is 11.8. The van der Waals surface area contributed by atoms with E-state index in [2.05, 4.69) is 17.2 Å². The maximum atomic E-state index is 13.7. The van der Waals surface area contributed by atoms with Crippen LogP contribution < -0.4 is 11.1 Å². The molecule has 3 nitrogen and oxygen atoms in total. The zero-order valence-electron chi connectivity index (χ0n) is 11.0. The summed E-state index contributed by atoms with van der Waals surface area (Å²) in [6.45, 7) is 2.84. The molecular weight excluding hydrogens is 265 g/mol. The van der Waals surface area contributed by atoms with E-state index >= 15 is 0 Å². The number of hydrogen-bond acceptors (Lipinski definition) is 1. The lowest BCUT2D eigenvalue weighted by Gasteiger charge is -2.07. The minimum Gasteiger partial charge on any atom is -0.370 e. The van der Waals surface area contributed by atoms with E-state index in [1.165, 1.54) is 6.07 Å². The summed E-state index contributed by atoms with van der Waals surface area (Å²) in [6.07, 6.45) is 2.95. The summed E-state index contributed by atoms with van der Waals surface area (Å²) >= 11 is 6.04. The van der Waals surface area contributed by atoms with Crippen molar-refractivity contribution in [1.29, 1.82) is 0 Å². The van der Waals surface area contributed by atoms with Gasteiger partial charge >= 0.3 is 0 Å². The maximum absolute atomic E-state index is 13.7. The molecule has 2 atom stereocenters. The Morgan fingerprint density at radius 3 is 3.05 bits per heavy atom. The summed E-state index contributed by atoms with van der Waals surface area (Å²) < 4.78 is 13.7. The smallest absolute Gasteiger partial charge is 0.188 e. The van der Waals surface area contributed by atoms with Gasteiger partial charge in [0.1, 0.15) is 5.82 Å². The highest BCUT2D eigenvalue weighted by Gasteiger charge is 2.41. The molecule has 19 heavy (non-hydrogen) atoms. The summed E-state index contributed by atoms with van der Waals surface area (Å²) in [5.74, 6) is 0.283. The average molecular weight is 284 g/mol. The van der Waals surface area contributed by atoms with Crippen LogP contribution in [0.3, 0.4) is 0 Å². The van der Waals surface area contributed by atoms with Crippen molar-refractivity contribution < 1.29 is 4.39 Å². The standard InChI is InChI=1S/C14H19ClFN3/c1-2-3-7-18-14(17)19-12-8-9(12)13-10(15)5-4-6-11(13)16/h4-6,9,12H,2-3,7-8H2,1H3,(H3,17,18,19). The SMILES string of the molecule is CCCCN=C(N)NC1CC1c1c(F)cccc1Cl. The molecule has 104 valence electrons. The number of unbranched alkanes of at least 4 members (excludes halogenated alkanes) is 1. The highest BCUT2D eigenvalue weighted by atomic mass is 35.5. The molecule has 1 saturated carbocycles. The van der Waals surface area contributed by atoms with Crippen LogP contribution in [-0.2, 0) is 0 Å². The van der Waals surface area contributed by atoms with Crippen LogP contribution in [-0.4, -0.2) is 18.5 Å². The van der Waals surface area contributed by atoms with E-state index in [1.807, 2.05) is 0 Å². The predicted molar refractivity (Wildman–Crippen MR) is 77.1 cm³/mol. The second-order valence-corrected chi connectivity index (χ2v) is 5.26. The molecule has 1 aliphatic rings. The minimum absolute atomic E-state index is 0.0913. The first kappa shape index (κ1) is 14.1. The second-order valence-electron chi connectivity index (χ2n) is 4.85. The molecule has 1 aliphatic carbocycles. The summed E-state index contributed by atoms with van der Waals surface area (Å²) in [6, 6.07) is 4.91. The van der Waals surface area contributed by atoms with Gasteiger partial charge in [0, 0.05) is 29.1 Å². The molecule has 3 N–H and O–H groups in total. The Hall–Kier alpha value is -1.29. The molecule has 5 heteroatoms. The highest BCUT2D eigenvalue weighted by Crippen LogP contribution is 2.44. The van der Waals surface area contributed by atoms with Gasteiger partial charge in [0.15, 0.2) is 5.96 Å². The molecule has 0 heterocycles. The lowest BCUT2D eigenvalue weighted by molar-refractivity contribution is 0.608. The normalized spacial score (nSPS) is 22.4. The zero-order chi connectivity index (χ0) is 13.8. The Balaban J connectivity index is 1.92. The molecule has 0 aromatic heterocycles. The van der Waals surface area contributed by atoms with Crippen molar-refractivity contribution in [3.05, 3.63) is 34.6 Å². The van der Waals surface area contributed by atoms with Gasteiger partial charge in [-0.15, -0.1) is 0 Å². The first-order chi connectivity index (χ1) is 9.13. The van der Waals surface area contributed by atoms with E-state index in [1.54, 1.807) is 12.1 Å². The van der Waals surface area contributed by atoms with Gasteiger partial charge in [-0.05, 0) is 25.0 Å². The maximum Gasteiger partial charge on any atom is 0.188 e. The van der Waals surface area contributed by atoms with Crippen LogP contribution in [0.25, 0.3) is 0 Å². The molecule has 0 aliphatic heterocycles. The lowest BCUT2D eigenvalue weighted by Crippen LogP contribution is -2.34. The fourth-order valence-corrected chi connectivity index (χ4v) is 2.43. The third-order valence-electron chi connectivity index (χ3n) is 3.29. The number of rotatable bonds is 5. The number of nitrogens with two attached hydrogens (primary N) is 1. The summed E-state index contributed by atoms with van der Waals surface area (Å²) in [4.78, 5) is 4.22. The molecule has 0 saturated heterocycles. The first-order valence-electron chi connectivity index (χ1n) is 6.63. The van der Waals surface area contributed by atoms with E-state index in [0.717, 1.165) is 25.8 Å². The molecule has 1 aromatic rings. The van der Waals surface area contributed by atoms with Gasteiger partial charge in [-0.2, -0.15) is 0 Å². The van der Waals surface area contributed by atoms with Crippen molar-refractivity contribution in [2.24, 2.45) is 10.7 Å². The van der Waals surface area contributed by atoms with Crippen molar-refractivity contribution >= 4 is 17.6 Å². The third-order valence-corrected chi connectivity index (χ3v) is 3.62. The summed E-state index contributed by atoms with van der Waals surface area (Å²) in [7, 11) is 0. The number of aliphatic imine (C=N–C) groups is 1. The fourth-order valence-electron chi connectivity index (χ4n) is 2.13. The molecule has 0 bridgehead atoms. The van der Waals surface area contributed by atoms with Gasteiger partial charge < -0.3 is 11.1 Å². The number of nitrogens with zero attached hydrogens (tertiary/aromatic N) is 1. The van der Waals surface area contributed by atoms with Crippen molar-refractivity contribution in [2.45, 2.75) is 38.1 Å². The van der Waals surface area contributed by atoms with E-state index in [9.17, 15) is 4.39 Å². The lowest BCUT2D eigenvalue weighted by atomic mass is 10.1. The predicted octanol–water partition coefficient (Wildman–Crippen LogP) is 3.04. The van der Waals surface area contributed by atoms with E-state index in [4.69, 9.17) is 17.3 Å². The van der Waals surface area contributed by atoms with Crippen LogP contribution in [0.4, 0.5) is 4.39 Å². The largest absolute Gasteiger partial charge is 0.370 e. The van der Waals surface area contributed by atoms with Crippen molar-refractivity contribution in [3.8, 4) is 0 Å². The van der Waals surface area contributed by atoms with Crippen LogP contribution in [0.2, 0.25) is 5.02 Å². The van der Waals surface area contributed by atoms with Gasteiger partial charge in [0.2, 0.25) is 0 Å². The van der Waals surface area contributed by atoms with Gasteiger partial charge in [-0.3, -0.25) is 4.99 Å². The number of benzene rings is 1. The Labute approximate surface area is 118 Å². The number of halogens is 2. The summed E-state index contributed by atoms with van der Waals surface area (Å²) in [5, 5.41) is 3.60. The Morgan fingerprint density at radius 2 is 2.37 bits per heavy atom.